The van der Waals surface area contributed by atoms with Gasteiger partial charge < -0.3 is 19.5 Å². The molecule has 3 aliphatic heterocycles. The first-order chi connectivity index (χ1) is 16.0. The van der Waals surface area contributed by atoms with Crippen LogP contribution in [0.3, 0.4) is 0 Å². The molecule has 5 rings (SSSR count). The number of nitrogens with one attached hydrogen (secondary N) is 1. The van der Waals surface area contributed by atoms with Crippen molar-refractivity contribution < 1.29 is 28.6 Å². The fraction of sp³-hybridized carbons (Fsp3) is 0.286. The average molecular weight is 472 g/mol. The van der Waals surface area contributed by atoms with Crippen LogP contribution in [0.2, 0.25) is 5.02 Å². The Morgan fingerprint density at radius 1 is 1.15 bits per heavy atom. The quantitative estimate of drug-likeness (QED) is 0.662. The Morgan fingerprint density at radius 3 is 2.70 bits per heavy atom. The van der Waals surface area contributed by atoms with Crippen LogP contribution in [0.1, 0.15) is 0 Å². The van der Waals surface area contributed by atoms with Gasteiger partial charge in [0.05, 0.1) is 17.8 Å². The molecule has 33 heavy (non-hydrogen) atoms. The van der Waals surface area contributed by atoms with E-state index in [9.17, 15) is 14.4 Å². The second kappa shape index (κ2) is 8.24. The van der Waals surface area contributed by atoms with Gasteiger partial charge in [0.25, 0.3) is 11.8 Å². The van der Waals surface area contributed by atoms with Gasteiger partial charge in [-0.05, 0) is 30.3 Å². The van der Waals surface area contributed by atoms with E-state index in [0.29, 0.717) is 41.8 Å². The highest BCUT2D eigenvalue weighted by atomic mass is 35.5. The van der Waals surface area contributed by atoms with Gasteiger partial charge in [-0.3, -0.25) is 19.4 Å². The number of halogens is 1. The minimum Gasteiger partial charge on any atom is -0.495 e. The van der Waals surface area contributed by atoms with Crippen molar-refractivity contribution in [3.8, 4) is 17.2 Å². The molecule has 170 valence electrons. The van der Waals surface area contributed by atoms with Crippen LogP contribution in [0.5, 0.6) is 17.2 Å². The van der Waals surface area contributed by atoms with E-state index in [4.69, 9.17) is 25.8 Å². The Bertz CT molecular complexity index is 1190. The van der Waals surface area contributed by atoms with Gasteiger partial charge in [0.15, 0.2) is 23.6 Å². The summed E-state index contributed by atoms with van der Waals surface area (Å²) in [7, 11) is 1.46. The van der Waals surface area contributed by atoms with Crippen molar-refractivity contribution in [1.82, 2.24) is 5.01 Å². The molecule has 0 bridgehead atoms. The fourth-order valence-corrected chi connectivity index (χ4v) is 4.12. The zero-order valence-electron chi connectivity index (χ0n) is 17.4. The van der Waals surface area contributed by atoms with Crippen molar-refractivity contribution in [3.63, 3.8) is 0 Å². The molecule has 0 saturated carbocycles. The van der Waals surface area contributed by atoms with E-state index < -0.39 is 29.8 Å². The summed E-state index contributed by atoms with van der Waals surface area (Å²) in [6, 6.07) is 7.58. The van der Waals surface area contributed by atoms with Crippen molar-refractivity contribution in [3.05, 3.63) is 41.4 Å². The monoisotopic (exact) mass is 471 g/mol. The molecule has 2 aromatic rings. The van der Waals surface area contributed by atoms with Crippen molar-refractivity contribution in [2.75, 3.05) is 37.1 Å². The molecule has 3 heterocycles. The predicted octanol–water partition coefficient (Wildman–Crippen LogP) is 2.05. The Hall–Kier alpha value is -3.86. The highest BCUT2D eigenvalue weighted by Crippen LogP contribution is 2.36. The molecule has 0 aliphatic carbocycles. The molecule has 2 aromatic carbocycles. The predicted molar refractivity (Wildman–Crippen MR) is 116 cm³/mol. The standard InChI is InChI=1S/C21H18ClN5O6/c1-31-14-5-3-12(9-13(14)22)27-20(29)18-19(21(27)30)26(25-24-18)10-17(28)23-11-2-4-15-16(8-11)33-7-6-32-15/h2-5,8-9,18-19H,6-7,10H2,1H3,(H,23,28)/t18-,19-/m1/s1. The van der Waals surface area contributed by atoms with Gasteiger partial charge in [-0.15, -0.1) is 0 Å². The number of anilines is 2. The summed E-state index contributed by atoms with van der Waals surface area (Å²) in [6.07, 6.45) is 0. The maximum Gasteiger partial charge on any atom is 0.263 e. The zero-order valence-corrected chi connectivity index (χ0v) is 18.1. The van der Waals surface area contributed by atoms with E-state index >= 15 is 0 Å². The lowest BCUT2D eigenvalue weighted by Gasteiger charge is -2.21. The maximum absolute atomic E-state index is 13.1. The molecule has 3 amide bonds. The number of carbonyl (C=O) groups excluding carboxylic acids is 3. The summed E-state index contributed by atoms with van der Waals surface area (Å²) in [6.45, 7) is 0.622. The molecular weight excluding hydrogens is 454 g/mol. The Morgan fingerprint density at radius 2 is 1.94 bits per heavy atom. The first-order valence-electron chi connectivity index (χ1n) is 10.0. The van der Waals surface area contributed by atoms with E-state index in [2.05, 4.69) is 15.7 Å². The van der Waals surface area contributed by atoms with Crippen LogP contribution in [-0.2, 0) is 14.4 Å². The van der Waals surface area contributed by atoms with E-state index in [1.807, 2.05) is 0 Å². The molecule has 1 N–H and O–H groups in total. The molecule has 3 aliphatic rings. The number of fused-ring (bicyclic) bond motifs is 2. The van der Waals surface area contributed by atoms with E-state index in [-0.39, 0.29) is 11.6 Å². The van der Waals surface area contributed by atoms with Gasteiger partial charge in [0.2, 0.25) is 5.91 Å². The third kappa shape index (κ3) is 3.69. The minimum absolute atomic E-state index is 0.255. The minimum atomic E-state index is -1.03. The lowest BCUT2D eigenvalue weighted by molar-refractivity contribution is -0.123. The van der Waals surface area contributed by atoms with Crippen LogP contribution in [0.4, 0.5) is 11.4 Å². The van der Waals surface area contributed by atoms with Crippen LogP contribution in [0, 0.1) is 0 Å². The van der Waals surface area contributed by atoms with Crippen molar-refractivity contribution in [2.24, 2.45) is 10.3 Å². The summed E-state index contributed by atoms with van der Waals surface area (Å²) < 4.78 is 16.1. The van der Waals surface area contributed by atoms with Crippen LogP contribution in [0.25, 0.3) is 0 Å². The van der Waals surface area contributed by atoms with Crippen molar-refractivity contribution in [2.45, 2.75) is 12.1 Å². The topological polar surface area (TPSA) is 122 Å². The smallest absolute Gasteiger partial charge is 0.263 e. The van der Waals surface area contributed by atoms with Crippen molar-refractivity contribution >= 4 is 40.7 Å². The Kier molecular flexibility index (Phi) is 5.25. The number of hydrogen-bond acceptors (Lipinski definition) is 9. The molecule has 1 fully saturated rings. The fourth-order valence-electron chi connectivity index (χ4n) is 3.87. The summed E-state index contributed by atoms with van der Waals surface area (Å²) in [5.41, 5.74) is 0.793. The lowest BCUT2D eigenvalue weighted by Crippen LogP contribution is -2.43. The summed E-state index contributed by atoms with van der Waals surface area (Å²) >= 11 is 6.15. The lowest BCUT2D eigenvalue weighted by atomic mass is 10.1. The summed E-state index contributed by atoms with van der Waals surface area (Å²) in [4.78, 5) is 39.5. The molecule has 12 heteroatoms. The number of methoxy groups -OCH3 is 1. The number of nitrogens with zero attached hydrogens (tertiary/aromatic N) is 4. The van der Waals surface area contributed by atoms with Gasteiger partial charge in [0.1, 0.15) is 25.5 Å². The van der Waals surface area contributed by atoms with Crippen LogP contribution < -0.4 is 24.4 Å². The maximum atomic E-state index is 13.1. The third-order valence-electron chi connectivity index (χ3n) is 5.38. The molecule has 11 nitrogen and oxygen atoms in total. The molecule has 1 saturated heterocycles. The number of benzene rings is 2. The van der Waals surface area contributed by atoms with Gasteiger partial charge in [-0.2, -0.15) is 5.11 Å². The van der Waals surface area contributed by atoms with Gasteiger partial charge in [-0.25, -0.2) is 4.90 Å². The summed E-state index contributed by atoms with van der Waals surface area (Å²) in [5.74, 6) is 0.0388. The molecule has 0 unspecified atom stereocenters. The molecule has 0 aromatic heterocycles. The van der Waals surface area contributed by atoms with Gasteiger partial charge >= 0.3 is 0 Å². The first kappa shape index (κ1) is 21.0. The number of imide groups is 1. The number of rotatable bonds is 5. The van der Waals surface area contributed by atoms with E-state index in [1.165, 1.54) is 18.2 Å². The van der Waals surface area contributed by atoms with Crippen molar-refractivity contribution in [1.29, 1.82) is 0 Å². The number of hydrogen-bond donors (Lipinski definition) is 1. The molecular formula is C21H18ClN5O6. The van der Waals surface area contributed by atoms with Crippen LogP contribution in [0.15, 0.2) is 46.7 Å². The molecule has 2 atom stereocenters. The summed E-state index contributed by atoms with van der Waals surface area (Å²) in [5, 5.41) is 12.0. The van der Waals surface area contributed by atoms with Crippen LogP contribution >= 0.6 is 11.6 Å². The second-order valence-electron chi connectivity index (χ2n) is 7.43. The zero-order chi connectivity index (χ0) is 23.1. The average Bonchev–Trinajstić information content (AvgIpc) is 3.32. The highest BCUT2D eigenvalue weighted by Gasteiger charge is 2.55. The number of carbonyl (C=O) groups is 3. The highest BCUT2D eigenvalue weighted by molar-refractivity contribution is 6.33. The molecule has 0 spiro atoms. The van der Waals surface area contributed by atoms with Crippen LogP contribution in [-0.4, -0.2) is 61.7 Å². The third-order valence-corrected chi connectivity index (χ3v) is 5.68. The second-order valence-corrected chi connectivity index (χ2v) is 7.84. The number of amides is 3. The largest absolute Gasteiger partial charge is 0.495 e. The SMILES string of the molecule is COc1ccc(N2C(=O)[C@@H]3N=NN(CC(=O)Nc4ccc5c(c4)OCCO5)[C@H]3C2=O)cc1Cl. The van der Waals surface area contributed by atoms with Gasteiger partial charge in [-0.1, -0.05) is 16.8 Å². The van der Waals surface area contributed by atoms with E-state index in [0.717, 1.165) is 4.90 Å². The molecule has 0 radical (unpaired) electrons. The normalized spacial score (nSPS) is 20.8. The van der Waals surface area contributed by atoms with Gasteiger partial charge in [0, 0.05) is 11.8 Å². The Labute approximate surface area is 192 Å². The van der Waals surface area contributed by atoms with E-state index in [1.54, 1.807) is 30.3 Å². The first-order valence-corrected chi connectivity index (χ1v) is 10.4. The number of ether oxygens (including phenoxy) is 3. The Balaban J connectivity index is 1.29.